The first kappa shape index (κ1) is 11.7. The lowest BCUT2D eigenvalue weighted by Gasteiger charge is -2.28. The lowest BCUT2D eigenvalue weighted by molar-refractivity contribution is 0.234. The van der Waals surface area contributed by atoms with Crippen molar-refractivity contribution in [1.82, 2.24) is 4.90 Å². The van der Waals surface area contributed by atoms with Crippen molar-refractivity contribution in [2.45, 2.75) is 26.3 Å². The van der Waals surface area contributed by atoms with Crippen LogP contribution >= 0.6 is 0 Å². The Morgan fingerprint density at radius 2 is 2.00 bits per heavy atom. The minimum absolute atomic E-state index is 0.495. The number of hydrogen-bond donors (Lipinski definition) is 1. The summed E-state index contributed by atoms with van der Waals surface area (Å²) in [4.78, 5) is 2.25. The average Bonchev–Trinajstić information content (AvgIpc) is 2.03. The highest BCUT2D eigenvalue weighted by Crippen LogP contribution is 2.12. The van der Waals surface area contributed by atoms with Crippen LogP contribution in [0.3, 0.4) is 0 Å². The lowest BCUT2D eigenvalue weighted by atomic mass is 9.96. The van der Waals surface area contributed by atoms with Gasteiger partial charge in [-0.2, -0.15) is 0 Å². The molecule has 2 atom stereocenters. The molecule has 2 unspecified atom stereocenters. The molecule has 2 N–H and O–H groups in total. The molecule has 0 heterocycles. The van der Waals surface area contributed by atoms with Gasteiger partial charge in [0, 0.05) is 18.5 Å². The van der Waals surface area contributed by atoms with Gasteiger partial charge in [-0.1, -0.05) is 19.1 Å². The van der Waals surface area contributed by atoms with Crippen molar-refractivity contribution in [3.63, 3.8) is 0 Å². The largest absolute Gasteiger partial charge is 0.330 e. The molecule has 12 heavy (non-hydrogen) atoms. The molecule has 0 aromatic carbocycles. The van der Waals surface area contributed by atoms with E-state index in [2.05, 4.69) is 38.1 Å². The van der Waals surface area contributed by atoms with Crippen LogP contribution < -0.4 is 5.73 Å². The Balaban J connectivity index is 4.22. The first-order valence-electron chi connectivity index (χ1n) is 4.66. The monoisotopic (exact) mass is 170 g/mol. The van der Waals surface area contributed by atoms with E-state index < -0.39 is 0 Å². The summed E-state index contributed by atoms with van der Waals surface area (Å²) in [5, 5.41) is 0. The van der Waals surface area contributed by atoms with Gasteiger partial charge in [-0.3, -0.25) is 0 Å². The molecule has 2 heteroatoms. The van der Waals surface area contributed by atoms with Crippen LogP contribution in [0.2, 0.25) is 0 Å². The molecule has 0 rings (SSSR count). The van der Waals surface area contributed by atoms with Gasteiger partial charge in [-0.05, 0) is 27.4 Å². The summed E-state index contributed by atoms with van der Waals surface area (Å²) in [6, 6.07) is 0.575. The van der Waals surface area contributed by atoms with Crippen molar-refractivity contribution in [2.24, 2.45) is 11.7 Å². The number of allylic oxidation sites excluding steroid dienone is 1. The van der Waals surface area contributed by atoms with E-state index in [9.17, 15) is 0 Å². The SMILES string of the molecule is C/C=C\C(CN)C(CC)N(C)C. The summed E-state index contributed by atoms with van der Waals surface area (Å²) >= 11 is 0. The van der Waals surface area contributed by atoms with Crippen molar-refractivity contribution in [2.75, 3.05) is 20.6 Å². The van der Waals surface area contributed by atoms with Crippen LogP contribution in [0.5, 0.6) is 0 Å². The first-order valence-corrected chi connectivity index (χ1v) is 4.66. The molecular formula is C10H22N2. The van der Waals surface area contributed by atoms with E-state index in [4.69, 9.17) is 5.73 Å². The van der Waals surface area contributed by atoms with E-state index in [1.807, 2.05) is 6.92 Å². The van der Waals surface area contributed by atoms with Crippen LogP contribution in [0.25, 0.3) is 0 Å². The van der Waals surface area contributed by atoms with E-state index in [1.54, 1.807) is 0 Å². The number of nitrogens with zero attached hydrogens (tertiary/aromatic N) is 1. The third-order valence-electron chi connectivity index (χ3n) is 2.29. The molecule has 0 aliphatic heterocycles. The van der Waals surface area contributed by atoms with Gasteiger partial charge in [0.05, 0.1) is 0 Å². The molecule has 0 aliphatic carbocycles. The molecule has 2 nitrogen and oxygen atoms in total. The van der Waals surface area contributed by atoms with E-state index in [-0.39, 0.29) is 0 Å². The maximum absolute atomic E-state index is 5.70. The van der Waals surface area contributed by atoms with Gasteiger partial charge in [0.25, 0.3) is 0 Å². The highest BCUT2D eigenvalue weighted by molar-refractivity contribution is 4.92. The van der Waals surface area contributed by atoms with Crippen LogP contribution in [-0.4, -0.2) is 31.6 Å². The number of rotatable bonds is 5. The second-order valence-corrected chi connectivity index (χ2v) is 3.36. The molecule has 0 radical (unpaired) electrons. The highest BCUT2D eigenvalue weighted by Gasteiger charge is 2.17. The second kappa shape index (κ2) is 6.21. The molecule has 0 spiro atoms. The lowest BCUT2D eigenvalue weighted by Crippen LogP contribution is -2.37. The molecular weight excluding hydrogens is 148 g/mol. The van der Waals surface area contributed by atoms with E-state index in [0.717, 1.165) is 13.0 Å². The zero-order valence-electron chi connectivity index (χ0n) is 8.75. The van der Waals surface area contributed by atoms with Gasteiger partial charge >= 0.3 is 0 Å². The van der Waals surface area contributed by atoms with Gasteiger partial charge in [-0.25, -0.2) is 0 Å². The van der Waals surface area contributed by atoms with Gasteiger partial charge in [0.2, 0.25) is 0 Å². The molecule has 0 saturated heterocycles. The minimum Gasteiger partial charge on any atom is -0.330 e. The summed E-state index contributed by atoms with van der Waals surface area (Å²) in [6.45, 7) is 4.99. The Hall–Kier alpha value is -0.340. The maximum atomic E-state index is 5.70. The normalized spacial score (nSPS) is 17.2. The molecule has 0 amide bonds. The van der Waals surface area contributed by atoms with Crippen molar-refractivity contribution in [3.05, 3.63) is 12.2 Å². The summed E-state index contributed by atoms with van der Waals surface area (Å²) in [6.07, 6.45) is 5.44. The zero-order chi connectivity index (χ0) is 9.56. The molecule has 0 bridgehead atoms. The van der Waals surface area contributed by atoms with Crippen molar-refractivity contribution in [1.29, 1.82) is 0 Å². The van der Waals surface area contributed by atoms with Crippen LogP contribution in [0.1, 0.15) is 20.3 Å². The molecule has 72 valence electrons. The van der Waals surface area contributed by atoms with Crippen LogP contribution in [0.4, 0.5) is 0 Å². The van der Waals surface area contributed by atoms with Crippen molar-refractivity contribution < 1.29 is 0 Å². The minimum atomic E-state index is 0.495. The number of hydrogen-bond acceptors (Lipinski definition) is 2. The summed E-state index contributed by atoms with van der Waals surface area (Å²) < 4.78 is 0. The van der Waals surface area contributed by atoms with Crippen LogP contribution in [-0.2, 0) is 0 Å². The quantitative estimate of drug-likeness (QED) is 0.633. The van der Waals surface area contributed by atoms with Gasteiger partial charge < -0.3 is 10.6 Å². The fourth-order valence-corrected chi connectivity index (χ4v) is 1.66. The first-order chi connectivity index (χ1) is 5.67. The molecule has 0 saturated carbocycles. The van der Waals surface area contributed by atoms with Crippen LogP contribution in [0.15, 0.2) is 12.2 Å². The topological polar surface area (TPSA) is 29.3 Å². The Morgan fingerprint density at radius 1 is 1.42 bits per heavy atom. The van der Waals surface area contributed by atoms with E-state index in [1.165, 1.54) is 0 Å². The summed E-state index contributed by atoms with van der Waals surface area (Å²) in [5.74, 6) is 0.495. The van der Waals surface area contributed by atoms with E-state index in [0.29, 0.717) is 12.0 Å². The van der Waals surface area contributed by atoms with E-state index >= 15 is 0 Å². The predicted molar refractivity (Wildman–Crippen MR) is 55.1 cm³/mol. The Bertz CT molecular complexity index is 130. The standard InChI is InChI=1S/C10H22N2/c1-5-7-9(8-11)10(6-2)12(3)4/h5,7,9-10H,6,8,11H2,1-4H3/b7-5-. The Labute approximate surface area is 76.4 Å². The van der Waals surface area contributed by atoms with Crippen molar-refractivity contribution >= 4 is 0 Å². The van der Waals surface area contributed by atoms with Crippen LogP contribution in [0, 0.1) is 5.92 Å². The Kier molecular flexibility index (Phi) is 6.03. The van der Waals surface area contributed by atoms with Crippen molar-refractivity contribution in [3.8, 4) is 0 Å². The molecule has 0 fully saturated rings. The average molecular weight is 170 g/mol. The summed E-state index contributed by atoms with van der Waals surface area (Å²) in [5.41, 5.74) is 5.70. The summed E-state index contributed by atoms with van der Waals surface area (Å²) in [7, 11) is 4.22. The van der Waals surface area contributed by atoms with Gasteiger partial charge in [0.1, 0.15) is 0 Å². The molecule has 0 aromatic heterocycles. The third kappa shape index (κ3) is 3.37. The molecule has 0 aliphatic rings. The highest BCUT2D eigenvalue weighted by atomic mass is 15.1. The molecule has 0 aromatic rings. The predicted octanol–water partition coefficient (Wildman–Crippen LogP) is 1.48. The van der Waals surface area contributed by atoms with Gasteiger partial charge in [0.15, 0.2) is 0 Å². The zero-order valence-corrected chi connectivity index (χ0v) is 8.75. The third-order valence-corrected chi connectivity index (χ3v) is 2.29. The fourth-order valence-electron chi connectivity index (χ4n) is 1.66. The number of nitrogens with two attached hydrogens (primary N) is 1. The second-order valence-electron chi connectivity index (χ2n) is 3.36. The maximum Gasteiger partial charge on any atom is 0.0161 e. The van der Waals surface area contributed by atoms with Gasteiger partial charge in [-0.15, -0.1) is 0 Å². The Morgan fingerprint density at radius 3 is 2.25 bits per heavy atom. The fraction of sp³-hybridized carbons (Fsp3) is 0.800. The smallest absolute Gasteiger partial charge is 0.0161 e.